The summed E-state index contributed by atoms with van der Waals surface area (Å²) in [7, 11) is 0. The molecule has 1 aliphatic rings. The molecule has 0 aliphatic carbocycles. The summed E-state index contributed by atoms with van der Waals surface area (Å²) < 4.78 is 3.52. The summed E-state index contributed by atoms with van der Waals surface area (Å²) in [4.78, 5) is 0. The maximum absolute atomic E-state index is 3.10. The summed E-state index contributed by atoms with van der Waals surface area (Å²) in [5.41, 5.74) is 0. The molecule has 28 valence electrons. The molecule has 0 aromatic rings. The van der Waals surface area contributed by atoms with E-state index in [0.717, 1.165) is 0 Å². The molecule has 1 aliphatic heterocycles. The molecule has 1 N–H and O–H groups in total. The van der Waals surface area contributed by atoms with Gasteiger partial charge in [-0.15, -0.1) is 0 Å². The fourth-order valence-electron chi connectivity index (χ4n) is 0.241. The van der Waals surface area contributed by atoms with E-state index in [-0.39, 0.29) is 0 Å². The normalized spacial score (nSPS) is 19.2. The van der Waals surface area contributed by atoms with Gasteiger partial charge in [0.05, 0.1) is 0 Å². The Balaban J connectivity index is 2.32. The van der Waals surface area contributed by atoms with E-state index in [1.165, 1.54) is 4.59 Å². The minimum atomic E-state index is 0.313. The van der Waals surface area contributed by atoms with Crippen molar-refractivity contribution < 1.29 is 0 Å². The van der Waals surface area contributed by atoms with E-state index in [0.29, 0.717) is 20.9 Å². The zero-order valence-corrected chi connectivity index (χ0v) is 5.10. The van der Waals surface area contributed by atoms with Crippen molar-refractivity contribution in [2.45, 2.75) is 0 Å². The van der Waals surface area contributed by atoms with Gasteiger partial charge in [0.25, 0.3) is 0 Å². The first-order valence-electron chi connectivity index (χ1n) is 1.50. The Morgan fingerprint density at radius 2 is 2.80 bits per heavy atom. The zero-order chi connectivity index (χ0) is 3.54. The summed E-state index contributed by atoms with van der Waals surface area (Å²) in [6.45, 7) is 0. The van der Waals surface area contributed by atoms with Crippen LogP contribution in [0.4, 0.5) is 0 Å². The topological polar surface area (TPSA) is 12.0 Å². The van der Waals surface area contributed by atoms with Crippen LogP contribution >= 0.6 is 0 Å². The third kappa shape index (κ3) is 0.827. The van der Waals surface area contributed by atoms with Gasteiger partial charge >= 0.3 is 41.2 Å². The minimum absolute atomic E-state index is 0.313. The van der Waals surface area contributed by atoms with Crippen molar-refractivity contribution in [1.29, 1.82) is 0 Å². The van der Waals surface area contributed by atoms with E-state index >= 15 is 0 Å². The van der Waals surface area contributed by atoms with Crippen molar-refractivity contribution in [2.75, 3.05) is 4.59 Å². The molecule has 0 aromatic heterocycles. The molecular formula is C3H5NTe. The standard InChI is InChI=1S/C3H5NTe/c1-2-5-3-4-1/h1-2,4H,3H2. The Morgan fingerprint density at radius 3 is 3.00 bits per heavy atom. The van der Waals surface area contributed by atoms with Crippen LogP contribution in [0.5, 0.6) is 0 Å². The fourth-order valence-corrected chi connectivity index (χ4v) is 1.61. The summed E-state index contributed by atoms with van der Waals surface area (Å²) >= 11 is 0.313. The fraction of sp³-hybridized carbons (Fsp3) is 0.333. The van der Waals surface area contributed by atoms with E-state index in [1.54, 1.807) is 0 Å². The number of hydrogen-bond acceptors (Lipinski definition) is 1. The van der Waals surface area contributed by atoms with Gasteiger partial charge in [0.2, 0.25) is 0 Å². The first-order valence-corrected chi connectivity index (χ1v) is 4.49. The van der Waals surface area contributed by atoms with Crippen LogP contribution < -0.4 is 5.32 Å². The molecule has 5 heavy (non-hydrogen) atoms. The van der Waals surface area contributed by atoms with Gasteiger partial charge in [-0.1, -0.05) is 0 Å². The van der Waals surface area contributed by atoms with Gasteiger partial charge in [-0.3, -0.25) is 0 Å². The predicted octanol–water partition coefficient (Wildman–Crippen LogP) is -0.278. The summed E-state index contributed by atoms with van der Waals surface area (Å²) in [5.74, 6) is 0. The first kappa shape index (κ1) is 3.52. The Bertz CT molecular complexity index is 44.9. The van der Waals surface area contributed by atoms with Gasteiger partial charge in [-0.25, -0.2) is 0 Å². The summed E-state index contributed by atoms with van der Waals surface area (Å²) in [5, 5.41) is 3.10. The van der Waals surface area contributed by atoms with Crippen LogP contribution in [0.3, 0.4) is 0 Å². The van der Waals surface area contributed by atoms with Crippen molar-refractivity contribution in [3.63, 3.8) is 0 Å². The average Bonchev–Trinajstić information content (AvgIpc) is 1.76. The Morgan fingerprint density at radius 1 is 1.80 bits per heavy atom. The zero-order valence-electron chi connectivity index (χ0n) is 2.77. The van der Waals surface area contributed by atoms with Crippen molar-refractivity contribution in [3.05, 3.63) is 10.3 Å². The second-order valence-corrected chi connectivity index (χ2v) is 3.37. The van der Waals surface area contributed by atoms with Crippen LogP contribution in [0.25, 0.3) is 0 Å². The second kappa shape index (κ2) is 1.69. The van der Waals surface area contributed by atoms with E-state index in [4.69, 9.17) is 0 Å². The average molecular weight is 183 g/mol. The Hall–Kier alpha value is 0.330. The van der Waals surface area contributed by atoms with Gasteiger partial charge in [0.1, 0.15) is 0 Å². The van der Waals surface area contributed by atoms with Gasteiger partial charge in [-0.05, 0) is 0 Å². The van der Waals surface area contributed by atoms with Crippen LogP contribution in [-0.2, 0) is 0 Å². The molecule has 0 atom stereocenters. The molecule has 0 spiro atoms. The van der Waals surface area contributed by atoms with Crippen LogP contribution in [0.1, 0.15) is 0 Å². The molecule has 0 saturated carbocycles. The number of nitrogens with one attached hydrogen (secondary N) is 1. The first-order chi connectivity index (χ1) is 2.50. The van der Waals surface area contributed by atoms with Gasteiger partial charge in [0, 0.05) is 0 Å². The molecule has 1 nitrogen and oxygen atoms in total. The molecule has 1 heterocycles. The quantitative estimate of drug-likeness (QED) is 0.509. The molecular weight excluding hydrogens is 178 g/mol. The number of rotatable bonds is 0. The Labute approximate surface area is 41.5 Å². The predicted molar refractivity (Wildman–Crippen MR) is 22.9 cm³/mol. The molecule has 0 unspecified atom stereocenters. The molecule has 0 amide bonds. The Kier molecular flexibility index (Phi) is 1.19. The summed E-state index contributed by atoms with van der Waals surface area (Å²) in [6, 6.07) is 0. The molecule has 0 aromatic carbocycles. The van der Waals surface area contributed by atoms with E-state index < -0.39 is 0 Å². The van der Waals surface area contributed by atoms with Crippen LogP contribution in [0, 0.1) is 0 Å². The third-order valence-corrected chi connectivity index (χ3v) is 2.34. The van der Waals surface area contributed by atoms with E-state index in [2.05, 4.69) is 9.44 Å². The molecule has 1 rings (SSSR count). The number of hydrogen-bond donors (Lipinski definition) is 1. The monoisotopic (exact) mass is 185 g/mol. The molecule has 0 radical (unpaired) electrons. The van der Waals surface area contributed by atoms with Crippen molar-refractivity contribution in [2.24, 2.45) is 0 Å². The maximum atomic E-state index is 3.10. The van der Waals surface area contributed by atoms with Crippen molar-refractivity contribution >= 4 is 20.9 Å². The van der Waals surface area contributed by atoms with Gasteiger partial charge in [-0.2, -0.15) is 0 Å². The molecule has 0 bridgehead atoms. The van der Waals surface area contributed by atoms with Crippen molar-refractivity contribution in [1.82, 2.24) is 5.32 Å². The van der Waals surface area contributed by atoms with Crippen molar-refractivity contribution in [3.8, 4) is 0 Å². The molecule has 2 heteroatoms. The molecule has 0 saturated heterocycles. The van der Waals surface area contributed by atoms with Crippen LogP contribution in [-0.4, -0.2) is 25.5 Å². The third-order valence-electron chi connectivity index (χ3n) is 0.449. The van der Waals surface area contributed by atoms with E-state index in [9.17, 15) is 0 Å². The van der Waals surface area contributed by atoms with Crippen LogP contribution in [0.15, 0.2) is 10.3 Å². The van der Waals surface area contributed by atoms with E-state index in [1.807, 2.05) is 6.20 Å². The van der Waals surface area contributed by atoms with Crippen LogP contribution in [0.2, 0.25) is 0 Å². The second-order valence-electron chi connectivity index (χ2n) is 0.818. The van der Waals surface area contributed by atoms with Gasteiger partial charge in [0.15, 0.2) is 0 Å². The van der Waals surface area contributed by atoms with Gasteiger partial charge < -0.3 is 0 Å². The summed E-state index contributed by atoms with van der Waals surface area (Å²) in [6.07, 6.45) is 2.04. The molecule has 0 fully saturated rings. The SMILES string of the molecule is C1=C[Te]CN1.